The van der Waals surface area contributed by atoms with Gasteiger partial charge < -0.3 is 5.11 Å². The molecule has 0 atom stereocenters. The molecule has 0 aliphatic rings. The maximum atomic E-state index is 11.6. The molecule has 0 fully saturated rings. The molecule has 0 unspecified atom stereocenters. The summed E-state index contributed by atoms with van der Waals surface area (Å²) in [5.74, 6) is 0.665. The normalized spacial score (nSPS) is 11.5. The summed E-state index contributed by atoms with van der Waals surface area (Å²) in [6.45, 7) is 4.69. The van der Waals surface area contributed by atoms with E-state index in [1.807, 2.05) is 37.3 Å². The lowest BCUT2D eigenvalue weighted by Crippen LogP contribution is -2.30. The fraction of sp³-hybridized carbons (Fsp3) is 0.471. The van der Waals surface area contributed by atoms with Gasteiger partial charge in [0.05, 0.1) is 5.69 Å². The fourth-order valence-corrected chi connectivity index (χ4v) is 2.27. The topological polar surface area (TPSA) is 40.5 Å². The Balaban J connectivity index is 2.95. The Morgan fingerprint density at radius 1 is 1.29 bits per heavy atom. The van der Waals surface area contributed by atoms with E-state index in [-0.39, 0.29) is 0 Å². The maximum Gasteiger partial charge on any atom is 0.411 e. The third kappa shape index (κ3) is 5.84. The molecule has 1 aromatic rings. The Labute approximate surface area is 133 Å². The zero-order valence-corrected chi connectivity index (χ0v) is 13.8. The molecule has 1 aromatic carbocycles. The Bertz CT molecular complexity index is 485. The standard InChI is InChI=1S/C17H25NO2S/c1-3-4-5-8-11-18(17(19)20)16-10-7-6-9-15(16)12-14(2)13-21/h6-7,9-10,12,21H,3-5,8,11,13H2,1-2H3,(H,19,20). The van der Waals surface area contributed by atoms with Crippen LogP contribution in [-0.4, -0.2) is 23.5 Å². The van der Waals surface area contributed by atoms with E-state index in [1.165, 1.54) is 4.90 Å². The highest BCUT2D eigenvalue weighted by Crippen LogP contribution is 2.24. The molecule has 0 aliphatic carbocycles. The van der Waals surface area contributed by atoms with Crippen molar-refractivity contribution in [2.45, 2.75) is 39.5 Å². The van der Waals surface area contributed by atoms with E-state index in [1.54, 1.807) is 0 Å². The van der Waals surface area contributed by atoms with E-state index in [0.717, 1.165) is 42.5 Å². The van der Waals surface area contributed by atoms with Crippen LogP contribution in [0.5, 0.6) is 0 Å². The second-order valence-electron chi connectivity index (χ2n) is 5.20. The summed E-state index contributed by atoms with van der Waals surface area (Å²) < 4.78 is 0. The smallest absolute Gasteiger partial charge is 0.411 e. The summed E-state index contributed by atoms with van der Waals surface area (Å²) in [5, 5.41) is 9.49. The van der Waals surface area contributed by atoms with Crippen LogP contribution in [-0.2, 0) is 0 Å². The first kappa shape index (κ1) is 17.6. The minimum atomic E-state index is -0.893. The number of carbonyl (C=O) groups is 1. The van der Waals surface area contributed by atoms with Crippen molar-refractivity contribution in [2.75, 3.05) is 17.2 Å². The van der Waals surface area contributed by atoms with Crippen LogP contribution >= 0.6 is 12.6 Å². The van der Waals surface area contributed by atoms with Gasteiger partial charge in [-0.1, -0.05) is 56.0 Å². The Morgan fingerprint density at radius 3 is 2.62 bits per heavy atom. The molecule has 4 heteroatoms. The van der Waals surface area contributed by atoms with Crippen LogP contribution in [0.15, 0.2) is 29.8 Å². The Hall–Kier alpha value is -1.42. The van der Waals surface area contributed by atoms with Crippen molar-refractivity contribution >= 4 is 30.5 Å². The van der Waals surface area contributed by atoms with Crippen LogP contribution in [0.4, 0.5) is 10.5 Å². The number of thiol groups is 1. The zero-order valence-electron chi connectivity index (χ0n) is 12.9. The molecular weight excluding hydrogens is 282 g/mol. The number of nitrogens with zero attached hydrogens (tertiary/aromatic N) is 1. The van der Waals surface area contributed by atoms with Gasteiger partial charge in [-0.15, -0.1) is 0 Å². The molecule has 0 saturated carbocycles. The number of carboxylic acid groups (broad SMARTS) is 1. The minimum Gasteiger partial charge on any atom is -0.465 e. The molecule has 0 heterocycles. The average Bonchev–Trinajstić information content (AvgIpc) is 2.48. The first-order valence-corrected chi connectivity index (χ1v) is 8.11. The molecule has 0 spiro atoms. The highest BCUT2D eigenvalue weighted by molar-refractivity contribution is 7.80. The molecule has 0 bridgehead atoms. The number of para-hydroxylation sites is 1. The molecule has 0 aliphatic heterocycles. The quantitative estimate of drug-likeness (QED) is 0.519. The lowest BCUT2D eigenvalue weighted by molar-refractivity contribution is 0.201. The van der Waals surface area contributed by atoms with Crippen molar-refractivity contribution in [3.05, 3.63) is 35.4 Å². The van der Waals surface area contributed by atoms with Gasteiger partial charge in [-0.05, 0) is 25.0 Å². The second kappa shape index (κ2) is 9.50. The first-order valence-electron chi connectivity index (χ1n) is 7.47. The van der Waals surface area contributed by atoms with Crippen molar-refractivity contribution in [1.29, 1.82) is 0 Å². The molecule has 0 aromatic heterocycles. The van der Waals surface area contributed by atoms with Crippen molar-refractivity contribution in [3.63, 3.8) is 0 Å². The van der Waals surface area contributed by atoms with Crippen LogP contribution < -0.4 is 4.90 Å². The molecule has 0 radical (unpaired) electrons. The molecule has 1 rings (SSSR count). The highest BCUT2D eigenvalue weighted by atomic mass is 32.1. The Morgan fingerprint density at radius 2 is 2.00 bits per heavy atom. The van der Waals surface area contributed by atoms with Crippen molar-refractivity contribution in [2.24, 2.45) is 0 Å². The van der Waals surface area contributed by atoms with Gasteiger partial charge in [-0.25, -0.2) is 4.79 Å². The monoisotopic (exact) mass is 307 g/mol. The fourth-order valence-electron chi connectivity index (χ4n) is 2.18. The lowest BCUT2D eigenvalue weighted by atomic mass is 10.1. The van der Waals surface area contributed by atoms with E-state index in [9.17, 15) is 9.90 Å². The number of amides is 1. The predicted molar refractivity (Wildman–Crippen MR) is 93.5 cm³/mol. The first-order chi connectivity index (χ1) is 10.1. The van der Waals surface area contributed by atoms with Crippen molar-refractivity contribution in [1.82, 2.24) is 0 Å². The predicted octanol–water partition coefficient (Wildman–Crippen LogP) is 5.08. The number of hydrogen-bond donors (Lipinski definition) is 2. The van der Waals surface area contributed by atoms with Crippen LogP contribution in [0.25, 0.3) is 6.08 Å². The number of benzene rings is 1. The molecular formula is C17H25NO2S. The van der Waals surface area contributed by atoms with Gasteiger partial charge in [0.15, 0.2) is 0 Å². The van der Waals surface area contributed by atoms with Gasteiger partial charge in [-0.2, -0.15) is 12.6 Å². The number of rotatable bonds is 8. The molecule has 0 saturated heterocycles. The van der Waals surface area contributed by atoms with Gasteiger partial charge in [-0.3, -0.25) is 4.90 Å². The summed E-state index contributed by atoms with van der Waals surface area (Å²) in [7, 11) is 0. The van der Waals surface area contributed by atoms with Gasteiger partial charge in [0.2, 0.25) is 0 Å². The van der Waals surface area contributed by atoms with E-state index < -0.39 is 6.09 Å². The van der Waals surface area contributed by atoms with Gasteiger partial charge in [0.1, 0.15) is 0 Å². The van der Waals surface area contributed by atoms with Crippen molar-refractivity contribution in [3.8, 4) is 0 Å². The minimum absolute atomic E-state index is 0.542. The summed E-state index contributed by atoms with van der Waals surface area (Å²) in [6.07, 6.45) is 5.36. The van der Waals surface area contributed by atoms with Crippen LogP contribution in [0.2, 0.25) is 0 Å². The van der Waals surface area contributed by atoms with E-state index in [2.05, 4.69) is 19.6 Å². The summed E-state index contributed by atoms with van der Waals surface area (Å²) >= 11 is 4.25. The molecule has 1 N–H and O–H groups in total. The zero-order chi connectivity index (χ0) is 15.7. The molecule has 21 heavy (non-hydrogen) atoms. The third-order valence-electron chi connectivity index (χ3n) is 3.35. The van der Waals surface area contributed by atoms with Gasteiger partial charge in [0, 0.05) is 12.3 Å². The number of hydrogen-bond acceptors (Lipinski definition) is 2. The van der Waals surface area contributed by atoms with Gasteiger partial charge in [0.25, 0.3) is 0 Å². The van der Waals surface area contributed by atoms with Crippen molar-refractivity contribution < 1.29 is 9.90 Å². The lowest BCUT2D eigenvalue weighted by Gasteiger charge is -2.21. The summed E-state index contributed by atoms with van der Waals surface area (Å²) in [5.41, 5.74) is 2.80. The van der Waals surface area contributed by atoms with Crippen LogP contribution in [0.1, 0.15) is 45.1 Å². The van der Waals surface area contributed by atoms with E-state index in [0.29, 0.717) is 12.3 Å². The number of anilines is 1. The molecule has 1 amide bonds. The average molecular weight is 307 g/mol. The maximum absolute atomic E-state index is 11.6. The largest absolute Gasteiger partial charge is 0.465 e. The highest BCUT2D eigenvalue weighted by Gasteiger charge is 2.16. The second-order valence-corrected chi connectivity index (χ2v) is 5.52. The van der Waals surface area contributed by atoms with E-state index in [4.69, 9.17) is 0 Å². The number of unbranched alkanes of at least 4 members (excludes halogenated alkanes) is 3. The van der Waals surface area contributed by atoms with Crippen LogP contribution in [0.3, 0.4) is 0 Å². The summed E-state index contributed by atoms with van der Waals surface area (Å²) in [6, 6.07) is 7.62. The molecule has 3 nitrogen and oxygen atoms in total. The van der Waals surface area contributed by atoms with E-state index >= 15 is 0 Å². The Kier molecular flexibility index (Phi) is 7.98. The SMILES string of the molecule is CCCCCCN(C(=O)O)c1ccccc1C=C(C)CS. The third-order valence-corrected chi connectivity index (χ3v) is 3.84. The van der Waals surface area contributed by atoms with Gasteiger partial charge >= 0.3 is 6.09 Å². The summed E-state index contributed by atoms with van der Waals surface area (Å²) in [4.78, 5) is 13.0. The van der Waals surface area contributed by atoms with Crippen LogP contribution in [0, 0.1) is 0 Å². The molecule has 116 valence electrons.